The second-order valence-corrected chi connectivity index (χ2v) is 8.74. The average molecular weight is 483 g/mol. The fourth-order valence-corrected chi connectivity index (χ4v) is 4.32. The molecule has 0 fully saturated rings. The first-order valence-electron chi connectivity index (χ1n) is 10.9. The van der Waals surface area contributed by atoms with Crippen LogP contribution in [0.4, 0.5) is 0 Å². The van der Waals surface area contributed by atoms with Crippen LogP contribution < -0.4 is 5.32 Å². The van der Waals surface area contributed by atoms with Crippen LogP contribution in [0.2, 0.25) is 10.0 Å². The van der Waals surface area contributed by atoms with E-state index in [1.165, 1.54) is 0 Å². The molecule has 1 heterocycles. The summed E-state index contributed by atoms with van der Waals surface area (Å²) in [6.45, 7) is 0. The molecule has 3 nitrogen and oxygen atoms in total. The monoisotopic (exact) mass is 482 g/mol. The van der Waals surface area contributed by atoms with Gasteiger partial charge in [-0.25, -0.2) is 4.98 Å². The number of amides is 1. The van der Waals surface area contributed by atoms with Gasteiger partial charge in [0, 0.05) is 10.9 Å². The maximum absolute atomic E-state index is 13.7. The van der Waals surface area contributed by atoms with Crippen LogP contribution in [0, 0.1) is 0 Å². The number of nitrogens with zero attached hydrogens (tertiary/aromatic N) is 1. The van der Waals surface area contributed by atoms with Crippen LogP contribution in [-0.4, -0.2) is 10.9 Å². The number of carbonyl (C=O) groups is 1. The van der Waals surface area contributed by atoms with Crippen molar-refractivity contribution in [1.82, 2.24) is 10.3 Å². The largest absolute Gasteiger partial charge is 0.341 e. The van der Waals surface area contributed by atoms with E-state index in [0.717, 1.165) is 27.6 Å². The van der Waals surface area contributed by atoms with Crippen LogP contribution in [0.3, 0.4) is 0 Å². The number of carbonyl (C=O) groups excluding carboxylic acids is 1. The van der Waals surface area contributed by atoms with Gasteiger partial charge in [-0.2, -0.15) is 0 Å². The lowest BCUT2D eigenvalue weighted by Gasteiger charge is -2.21. The molecular weight excluding hydrogens is 463 g/mol. The fraction of sp³-hybridized carbons (Fsp3) is 0.0345. The Morgan fingerprint density at radius 2 is 1.32 bits per heavy atom. The van der Waals surface area contributed by atoms with Crippen LogP contribution in [0.15, 0.2) is 109 Å². The maximum Gasteiger partial charge on any atom is 0.252 e. The molecular formula is C29H20Cl2N2O. The standard InChI is InChI=1S/C29H20Cl2N2O/c30-24-16-15-21(17-25(24)31)27-18-23(22-13-7-8-14-26(22)32-27)29(34)33-28(19-9-3-1-4-10-19)20-11-5-2-6-12-20/h1-18,28H,(H,33,34). The number of benzene rings is 4. The molecule has 5 heteroatoms. The van der Waals surface area contributed by atoms with Crippen molar-refractivity contribution in [3.8, 4) is 11.3 Å². The van der Waals surface area contributed by atoms with E-state index in [-0.39, 0.29) is 11.9 Å². The Labute approximate surface area is 208 Å². The molecule has 0 bridgehead atoms. The topological polar surface area (TPSA) is 42.0 Å². The predicted molar refractivity (Wildman–Crippen MR) is 139 cm³/mol. The summed E-state index contributed by atoms with van der Waals surface area (Å²) in [5.41, 5.74) is 4.72. The van der Waals surface area contributed by atoms with Crippen LogP contribution in [0.5, 0.6) is 0 Å². The molecule has 0 radical (unpaired) electrons. The van der Waals surface area contributed by atoms with Crippen molar-refractivity contribution < 1.29 is 4.79 Å². The molecule has 0 saturated heterocycles. The number of fused-ring (bicyclic) bond motifs is 1. The number of nitrogens with one attached hydrogen (secondary N) is 1. The third-order valence-corrected chi connectivity index (χ3v) is 6.46. The van der Waals surface area contributed by atoms with Gasteiger partial charge < -0.3 is 5.32 Å². The third kappa shape index (κ3) is 4.54. The number of para-hydroxylation sites is 1. The molecule has 34 heavy (non-hydrogen) atoms. The van der Waals surface area contributed by atoms with Gasteiger partial charge in [-0.15, -0.1) is 0 Å². The summed E-state index contributed by atoms with van der Waals surface area (Å²) < 4.78 is 0. The number of hydrogen-bond donors (Lipinski definition) is 1. The van der Waals surface area contributed by atoms with Gasteiger partial charge in [0.15, 0.2) is 0 Å². The molecule has 0 atom stereocenters. The summed E-state index contributed by atoms with van der Waals surface area (Å²) in [6, 6.07) is 34.4. The van der Waals surface area contributed by atoms with Gasteiger partial charge in [0.2, 0.25) is 0 Å². The quantitative estimate of drug-likeness (QED) is 0.278. The summed E-state index contributed by atoms with van der Waals surface area (Å²) in [5, 5.41) is 4.93. The van der Waals surface area contributed by atoms with E-state index in [0.29, 0.717) is 21.3 Å². The number of aromatic nitrogens is 1. The second-order valence-electron chi connectivity index (χ2n) is 7.93. The number of pyridine rings is 1. The number of halogens is 2. The average Bonchev–Trinajstić information content (AvgIpc) is 2.89. The highest BCUT2D eigenvalue weighted by Crippen LogP contribution is 2.31. The van der Waals surface area contributed by atoms with Gasteiger partial charge in [-0.1, -0.05) is 108 Å². The van der Waals surface area contributed by atoms with Crippen LogP contribution in [0.25, 0.3) is 22.2 Å². The molecule has 0 aliphatic carbocycles. The Bertz CT molecular complexity index is 1430. The Morgan fingerprint density at radius 3 is 1.97 bits per heavy atom. The minimum atomic E-state index is -0.296. The first-order valence-corrected chi connectivity index (χ1v) is 11.6. The van der Waals surface area contributed by atoms with E-state index in [1.807, 2.05) is 97.1 Å². The molecule has 5 aromatic rings. The third-order valence-electron chi connectivity index (χ3n) is 5.72. The summed E-state index contributed by atoms with van der Waals surface area (Å²) in [5.74, 6) is -0.183. The summed E-state index contributed by atoms with van der Waals surface area (Å²) >= 11 is 12.4. The van der Waals surface area contributed by atoms with Gasteiger partial charge >= 0.3 is 0 Å². The SMILES string of the molecule is O=C(NC(c1ccccc1)c1ccccc1)c1cc(-c2ccc(Cl)c(Cl)c2)nc2ccccc12. The molecule has 1 N–H and O–H groups in total. The van der Waals surface area contributed by atoms with Crippen molar-refractivity contribution in [2.75, 3.05) is 0 Å². The van der Waals surface area contributed by atoms with Gasteiger partial charge in [0.25, 0.3) is 5.91 Å². The van der Waals surface area contributed by atoms with E-state index >= 15 is 0 Å². The molecule has 1 amide bonds. The second kappa shape index (κ2) is 9.68. The predicted octanol–water partition coefficient (Wildman–Crippen LogP) is 7.73. The van der Waals surface area contributed by atoms with Crippen molar-refractivity contribution in [2.45, 2.75) is 6.04 Å². The maximum atomic E-state index is 13.7. The van der Waals surface area contributed by atoms with E-state index in [4.69, 9.17) is 28.2 Å². The normalized spacial score (nSPS) is 11.0. The fourth-order valence-electron chi connectivity index (χ4n) is 4.03. The zero-order valence-corrected chi connectivity index (χ0v) is 19.6. The molecule has 0 spiro atoms. The lowest BCUT2D eigenvalue weighted by atomic mass is 9.97. The van der Waals surface area contributed by atoms with E-state index in [1.54, 1.807) is 12.1 Å². The molecule has 0 aliphatic rings. The smallest absolute Gasteiger partial charge is 0.252 e. The first-order chi connectivity index (χ1) is 16.6. The zero-order valence-electron chi connectivity index (χ0n) is 18.1. The highest BCUT2D eigenvalue weighted by atomic mass is 35.5. The van der Waals surface area contributed by atoms with Crippen molar-refractivity contribution in [2.24, 2.45) is 0 Å². The van der Waals surface area contributed by atoms with Crippen molar-refractivity contribution in [1.29, 1.82) is 0 Å². The van der Waals surface area contributed by atoms with E-state index in [2.05, 4.69) is 5.32 Å². The Balaban J connectivity index is 1.60. The summed E-state index contributed by atoms with van der Waals surface area (Å²) in [4.78, 5) is 18.5. The van der Waals surface area contributed by atoms with E-state index in [9.17, 15) is 4.79 Å². The van der Waals surface area contributed by atoms with Crippen molar-refractivity contribution in [3.63, 3.8) is 0 Å². The number of hydrogen-bond acceptors (Lipinski definition) is 2. The Kier molecular flexibility index (Phi) is 6.31. The van der Waals surface area contributed by atoms with Crippen LogP contribution >= 0.6 is 23.2 Å². The zero-order chi connectivity index (χ0) is 23.5. The van der Waals surface area contributed by atoms with Crippen molar-refractivity contribution >= 4 is 40.0 Å². The lowest BCUT2D eigenvalue weighted by molar-refractivity contribution is 0.0944. The Hall–Kier alpha value is -3.66. The minimum absolute atomic E-state index is 0.183. The van der Waals surface area contributed by atoms with Crippen molar-refractivity contribution in [3.05, 3.63) is 136 Å². The number of rotatable bonds is 5. The summed E-state index contributed by atoms with van der Waals surface area (Å²) in [6.07, 6.45) is 0. The van der Waals surface area contributed by atoms with Crippen LogP contribution in [0.1, 0.15) is 27.5 Å². The minimum Gasteiger partial charge on any atom is -0.341 e. The molecule has 4 aromatic carbocycles. The molecule has 5 rings (SSSR count). The van der Waals surface area contributed by atoms with Crippen LogP contribution in [-0.2, 0) is 0 Å². The van der Waals surface area contributed by atoms with Gasteiger partial charge in [-0.3, -0.25) is 4.79 Å². The molecule has 1 aromatic heterocycles. The Morgan fingerprint density at radius 1 is 0.706 bits per heavy atom. The summed E-state index contributed by atoms with van der Waals surface area (Å²) in [7, 11) is 0. The lowest BCUT2D eigenvalue weighted by Crippen LogP contribution is -2.29. The molecule has 0 saturated carbocycles. The van der Waals surface area contributed by atoms with Gasteiger partial charge in [0.1, 0.15) is 0 Å². The van der Waals surface area contributed by atoms with E-state index < -0.39 is 0 Å². The van der Waals surface area contributed by atoms with Gasteiger partial charge in [-0.05, 0) is 35.4 Å². The molecule has 166 valence electrons. The highest BCUT2D eigenvalue weighted by Gasteiger charge is 2.20. The molecule has 0 aliphatic heterocycles. The first kappa shape index (κ1) is 22.1. The highest BCUT2D eigenvalue weighted by molar-refractivity contribution is 6.42. The molecule has 0 unspecified atom stereocenters. The van der Waals surface area contributed by atoms with Gasteiger partial charge in [0.05, 0.1) is 32.9 Å².